The molecular weight excluding hydrogens is 182 g/mol. The minimum atomic E-state index is -0.371. The Morgan fingerprint density at radius 2 is 1.64 bits per heavy atom. The topological polar surface area (TPSA) is 0 Å². The Morgan fingerprint density at radius 1 is 0.929 bits per heavy atom. The van der Waals surface area contributed by atoms with Gasteiger partial charge >= 0.3 is 0 Å². The molecule has 0 N–H and O–H groups in total. The van der Waals surface area contributed by atoms with Crippen molar-refractivity contribution in [2.24, 2.45) is 0 Å². The van der Waals surface area contributed by atoms with E-state index in [1.54, 1.807) is 24.3 Å². The van der Waals surface area contributed by atoms with Crippen molar-refractivity contribution < 1.29 is 8.78 Å². The molecule has 0 heterocycles. The summed E-state index contributed by atoms with van der Waals surface area (Å²) in [6.07, 6.45) is 4.72. The van der Waals surface area contributed by atoms with Crippen LogP contribution in [0.4, 0.5) is 8.78 Å². The second kappa shape index (κ2) is 3.74. The minimum absolute atomic E-state index is 0.318. The summed E-state index contributed by atoms with van der Waals surface area (Å²) in [5.41, 5.74) is 0.732. The zero-order chi connectivity index (χ0) is 9.97. The lowest BCUT2D eigenvalue weighted by Crippen LogP contribution is -1.93. The van der Waals surface area contributed by atoms with E-state index in [-0.39, 0.29) is 11.6 Å². The van der Waals surface area contributed by atoms with Crippen molar-refractivity contribution >= 4 is 5.57 Å². The van der Waals surface area contributed by atoms with Gasteiger partial charge < -0.3 is 0 Å². The van der Waals surface area contributed by atoms with E-state index in [1.165, 1.54) is 12.1 Å². The highest BCUT2D eigenvalue weighted by atomic mass is 19.1. The van der Waals surface area contributed by atoms with Gasteiger partial charge in [-0.2, -0.15) is 0 Å². The van der Waals surface area contributed by atoms with E-state index >= 15 is 0 Å². The highest BCUT2D eigenvalue weighted by Crippen LogP contribution is 2.30. The van der Waals surface area contributed by atoms with Crippen LogP contribution in [-0.4, -0.2) is 0 Å². The first kappa shape index (κ1) is 9.13. The van der Waals surface area contributed by atoms with E-state index in [0.29, 0.717) is 17.6 Å². The molecule has 0 aliphatic heterocycles. The van der Waals surface area contributed by atoms with Crippen molar-refractivity contribution in [3.63, 3.8) is 0 Å². The van der Waals surface area contributed by atoms with Crippen LogP contribution in [0.2, 0.25) is 0 Å². The Balaban J connectivity index is 2.45. The first-order chi connectivity index (χ1) is 6.79. The normalized spacial score (nSPS) is 16.1. The molecule has 0 unspecified atom stereocenters. The van der Waals surface area contributed by atoms with Gasteiger partial charge in [-0.15, -0.1) is 0 Å². The van der Waals surface area contributed by atoms with E-state index in [4.69, 9.17) is 0 Å². The van der Waals surface area contributed by atoms with Gasteiger partial charge in [-0.25, -0.2) is 8.78 Å². The van der Waals surface area contributed by atoms with Crippen molar-refractivity contribution in [2.75, 3.05) is 0 Å². The van der Waals surface area contributed by atoms with Crippen LogP contribution < -0.4 is 0 Å². The highest BCUT2D eigenvalue weighted by Gasteiger charge is 2.13. The smallest absolute Gasteiger partial charge is 0.131 e. The maximum absolute atomic E-state index is 13.3. The molecule has 2 rings (SSSR count). The summed E-state index contributed by atoms with van der Waals surface area (Å²) in [7, 11) is 0. The predicted octanol–water partition coefficient (Wildman–Crippen LogP) is 3.86. The second-order valence-corrected chi connectivity index (χ2v) is 3.23. The van der Waals surface area contributed by atoms with Crippen LogP contribution in [0.25, 0.3) is 5.57 Å². The molecule has 0 bridgehead atoms. The summed E-state index contributed by atoms with van der Waals surface area (Å²) in [4.78, 5) is 0. The van der Waals surface area contributed by atoms with Gasteiger partial charge in [0.05, 0.1) is 0 Å². The van der Waals surface area contributed by atoms with Crippen LogP contribution in [0, 0.1) is 5.82 Å². The molecule has 1 aliphatic carbocycles. The second-order valence-electron chi connectivity index (χ2n) is 3.23. The van der Waals surface area contributed by atoms with E-state index in [0.717, 1.165) is 6.42 Å². The molecule has 0 nitrogen and oxygen atoms in total. The standard InChI is InChI=1S/C12H10F2/c13-11-7-3-1-5-9(11)10-6-2-4-8-12(10)14/h1,3,5-8H,2,4H2. The molecule has 0 fully saturated rings. The zero-order valence-corrected chi connectivity index (χ0v) is 7.63. The van der Waals surface area contributed by atoms with Crippen molar-refractivity contribution in [1.82, 2.24) is 0 Å². The first-order valence-electron chi connectivity index (χ1n) is 4.60. The molecule has 1 aromatic rings. The summed E-state index contributed by atoms with van der Waals surface area (Å²) in [5, 5.41) is 0. The van der Waals surface area contributed by atoms with Crippen LogP contribution >= 0.6 is 0 Å². The summed E-state index contributed by atoms with van der Waals surface area (Å²) in [6.45, 7) is 0. The molecule has 0 saturated carbocycles. The largest absolute Gasteiger partial charge is 0.207 e. The lowest BCUT2D eigenvalue weighted by atomic mass is 9.98. The van der Waals surface area contributed by atoms with Gasteiger partial charge in [0, 0.05) is 11.1 Å². The average molecular weight is 192 g/mol. The Morgan fingerprint density at radius 3 is 2.36 bits per heavy atom. The third-order valence-electron chi connectivity index (χ3n) is 2.26. The van der Waals surface area contributed by atoms with Gasteiger partial charge in [-0.3, -0.25) is 0 Å². The molecule has 1 aliphatic rings. The van der Waals surface area contributed by atoms with Crippen LogP contribution in [0.1, 0.15) is 18.4 Å². The van der Waals surface area contributed by atoms with E-state index < -0.39 is 0 Å². The Hall–Kier alpha value is -1.44. The molecule has 0 amide bonds. The van der Waals surface area contributed by atoms with E-state index in [9.17, 15) is 8.78 Å². The molecule has 0 saturated heterocycles. The fraction of sp³-hybridized carbons (Fsp3) is 0.167. The van der Waals surface area contributed by atoms with Crippen LogP contribution in [0.3, 0.4) is 0 Å². The monoisotopic (exact) mass is 192 g/mol. The molecule has 0 radical (unpaired) electrons. The molecule has 0 spiro atoms. The lowest BCUT2D eigenvalue weighted by Gasteiger charge is -2.10. The summed E-state index contributed by atoms with van der Waals surface area (Å²) < 4.78 is 26.7. The average Bonchev–Trinajstić information content (AvgIpc) is 2.20. The van der Waals surface area contributed by atoms with Crippen LogP contribution in [0.5, 0.6) is 0 Å². The lowest BCUT2D eigenvalue weighted by molar-refractivity contribution is 0.617. The molecule has 1 aromatic carbocycles. The fourth-order valence-corrected chi connectivity index (χ4v) is 1.56. The van der Waals surface area contributed by atoms with Gasteiger partial charge in [-0.1, -0.05) is 24.3 Å². The maximum Gasteiger partial charge on any atom is 0.131 e. The Bertz CT molecular complexity index is 403. The zero-order valence-electron chi connectivity index (χ0n) is 7.63. The fourth-order valence-electron chi connectivity index (χ4n) is 1.56. The quantitative estimate of drug-likeness (QED) is 0.633. The predicted molar refractivity (Wildman–Crippen MR) is 52.8 cm³/mol. The number of rotatable bonds is 1. The third kappa shape index (κ3) is 1.60. The van der Waals surface area contributed by atoms with Crippen molar-refractivity contribution in [2.45, 2.75) is 12.8 Å². The number of halogens is 2. The van der Waals surface area contributed by atoms with E-state index in [1.807, 2.05) is 0 Å². The molecule has 14 heavy (non-hydrogen) atoms. The Kier molecular flexibility index (Phi) is 2.44. The SMILES string of the molecule is FC1=CCCC=C1c1ccccc1F. The summed E-state index contributed by atoms with van der Waals surface area (Å²) in [5.74, 6) is -0.689. The number of hydrogen-bond donors (Lipinski definition) is 0. The maximum atomic E-state index is 13.3. The Labute approximate surface area is 81.6 Å². The van der Waals surface area contributed by atoms with Gasteiger partial charge in [-0.05, 0) is 25.0 Å². The summed E-state index contributed by atoms with van der Waals surface area (Å²) in [6, 6.07) is 6.25. The van der Waals surface area contributed by atoms with Gasteiger partial charge in [0.2, 0.25) is 0 Å². The molecule has 0 atom stereocenters. The van der Waals surface area contributed by atoms with Crippen LogP contribution in [0.15, 0.2) is 42.2 Å². The molecule has 0 aromatic heterocycles. The molecule has 72 valence electrons. The van der Waals surface area contributed by atoms with Gasteiger partial charge in [0.25, 0.3) is 0 Å². The molecule has 2 heteroatoms. The van der Waals surface area contributed by atoms with Crippen molar-refractivity contribution in [3.05, 3.63) is 53.6 Å². The van der Waals surface area contributed by atoms with Crippen molar-refractivity contribution in [1.29, 1.82) is 0 Å². The highest BCUT2D eigenvalue weighted by molar-refractivity contribution is 5.77. The van der Waals surface area contributed by atoms with Gasteiger partial charge in [0.15, 0.2) is 0 Å². The van der Waals surface area contributed by atoms with Crippen LogP contribution in [-0.2, 0) is 0 Å². The van der Waals surface area contributed by atoms with Crippen molar-refractivity contribution in [3.8, 4) is 0 Å². The number of benzene rings is 1. The number of allylic oxidation sites excluding steroid dienone is 4. The first-order valence-corrected chi connectivity index (χ1v) is 4.60. The summed E-state index contributed by atoms with van der Waals surface area (Å²) >= 11 is 0. The minimum Gasteiger partial charge on any atom is -0.207 e. The number of hydrogen-bond acceptors (Lipinski definition) is 0. The van der Waals surface area contributed by atoms with E-state index in [2.05, 4.69) is 0 Å². The van der Waals surface area contributed by atoms with Gasteiger partial charge in [0.1, 0.15) is 11.6 Å². The molecular formula is C12H10F2. The third-order valence-corrected chi connectivity index (χ3v) is 2.26.